The van der Waals surface area contributed by atoms with Crippen LogP contribution in [0.1, 0.15) is 36.0 Å². The van der Waals surface area contributed by atoms with Crippen LogP contribution in [0.5, 0.6) is 5.75 Å². The van der Waals surface area contributed by atoms with Gasteiger partial charge in [0, 0.05) is 11.5 Å². The van der Waals surface area contributed by atoms with Gasteiger partial charge in [-0.2, -0.15) is 0 Å². The first-order valence-electron chi connectivity index (χ1n) is 6.11. The van der Waals surface area contributed by atoms with Crippen molar-refractivity contribution in [2.24, 2.45) is 5.92 Å². The van der Waals surface area contributed by atoms with Crippen LogP contribution in [-0.4, -0.2) is 18.7 Å². The summed E-state index contributed by atoms with van der Waals surface area (Å²) in [6, 6.07) is 3.94. The van der Waals surface area contributed by atoms with Crippen LogP contribution in [0.3, 0.4) is 0 Å². The highest BCUT2D eigenvalue weighted by atomic mass is 19.1. The second kappa shape index (κ2) is 5.76. The highest BCUT2D eigenvalue weighted by Gasteiger charge is 2.23. The molecule has 1 aliphatic carbocycles. The molecule has 4 heteroatoms. The lowest BCUT2D eigenvalue weighted by atomic mass is 10.0. The zero-order chi connectivity index (χ0) is 13.0. The van der Waals surface area contributed by atoms with E-state index >= 15 is 0 Å². The Morgan fingerprint density at radius 1 is 1.39 bits per heavy atom. The standard InChI is InChI=1S/C14H15FO3/c15-12-7-10(8-16)5-6-14(12)18-9-13(17)11-3-1-2-4-11/h5-8,11H,1-4,9H2. The van der Waals surface area contributed by atoms with E-state index in [-0.39, 0.29) is 29.6 Å². The summed E-state index contributed by atoms with van der Waals surface area (Å²) in [5.74, 6) is -0.487. The Hall–Kier alpha value is -1.71. The van der Waals surface area contributed by atoms with E-state index in [1.807, 2.05) is 0 Å². The minimum Gasteiger partial charge on any atom is -0.483 e. The number of rotatable bonds is 5. The number of hydrogen-bond donors (Lipinski definition) is 0. The monoisotopic (exact) mass is 250 g/mol. The number of Topliss-reactive ketones (excluding diaryl/α,β-unsaturated/α-hetero) is 1. The molecular formula is C14H15FO3. The van der Waals surface area contributed by atoms with E-state index in [9.17, 15) is 14.0 Å². The van der Waals surface area contributed by atoms with Gasteiger partial charge in [-0.05, 0) is 31.0 Å². The summed E-state index contributed by atoms with van der Waals surface area (Å²) in [5.41, 5.74) is 0.252. The molecule has 1 fully saturated rings. The second-order valence-corrected chi connectivity index (χ2v) is 4.54. The fourth-order valence-electron chi connectivity index (χ4n) is 2.22. The van der Waals surface area contributed by atoms with E-state index in [2.05, 4.69) is 0 Å². The quantitative estimate of drug-likeness (QED) is 0.755. The van der Waals surface area contributed by atoms with Gasteiger partial charge in [0.25, 0.3) is 0 Å². The second-order valence-electron chi connectivity index (χ2n) is 4.54. The molecule has 0 aromatic heterocycles. The van der Waals surface area contributed by atoms with Gasteiger partial charge in [-0.1, -0.05) is 12.8 Å². The number of ketones is 1. The number of benzene rings is 1. The van der Waals surface area contributed by atoms with E-state index in [0.717, 1.165) is 31.7 Å². The van der Waals surface area contributed by atoms with Gasteiger partial charge in [0.2, 0.25) is 0 Å². The van der Waals surface area contributed by atoms with E-state index in [1.54, 1.807) is 0 Å². The first kappa shape index (κ1) is 12.7. The summed E-state index contributed by atoms with van der Waals surface area (Å²) in [6.07, 6.45) is 4.55. The molecule has 0 radical (unpaired) electrons. The molecule has 0 amide bonds. The van der Waals surface area contributed by atoms with Crippen LogP contribution in [0.4, 0.5) is 4.39 Å². The molecule has 0 N–H and O–H groups in total. The third kappa shape index (κ3) is 2.94. The number of carbonyl (C=O) groups excluding carboxylic acids is 2. The van der Waals surface area contributed by atoms with Crippen LogP contribution in [0.15, 0.2) is 18.2 Å². The largest absolute Gasteiger partial charge is 0.483 e. The highest BCUT2D eigenvalue weighted by molar-refractivity contribution is 5.82. The summed E-state index contributed by atoms with van der Waals surface area (Å²) < 4.78 is 18.6. The highest BCUT2D eigenvalue weighted by Crippen LogP contribution is 2.26. The van der Waals surface area contributed by atoms with Gasteiger partial charge in [0.05, 0.1) is 0 Å². The Morgan fingerprint density at radius 3 is 2.72 bits per heavy atom. The summed E-state index contributed by atoms with van der Waals surface area (Å²) in [7, 11) is 0. The fraction of sp³-hybridized carbons (Fsp3) is 0.429. The Bertz CT molecular complexity index is 450. The van der Waals surface area contributed by atoms with Crippen molar-refractivity contribution in [2.45, 2.75) is 25.7 Å². The van der Waals surface area contributed by atoms with Gasteiger partial charge in [-0.3, -0.25) is 9.59 Å². The van der Waals surface area contributed by atoms with Gasteiger partial charge in [-0.15, -0.1) is 0 Å². The maximum absolute atomic E-state index is 13.5. The predicted octanol–water partition coefficient (Wildman–Crippen LogP) is 2.78. The zero-order valence-electron chi connectivity index (χ0n) is 10.0. The van der Waals surface area contributed by atoms with Crippen molar-refractivity contribution in [3.05, 3.63) is 29.6 Å². The summed E-state index contributed by atoms with van der Waals surface area (Å²) in [5, 5.41) is 0. The third-order valence-corrected chi connectivity index (χ3v) is 3.27. The molecule has 0 heterocycles. The molecule has 0 atom stereocenters. The van der Waals surface area contributed by atoms with Crippen LogP contribution < -0.4 is 4.74 Å². The van der Waals surface area contributed by atoms with Gasteiger partial charge < -0.3 is 4.74 Å². The van der Waals surface area contributed by atoms with Crippen molar-refractivity contribution in [3.63, 3.8) is 0 Å². The van der Waals surface area contributed by atoms with Crippen molar-refractivity contribution >= 4 is 12.1 Å². The first-order valence-corrected chi connectivity index (χ1v) is 6.11. The van der Waals surface area contributed by atoms with Crippen molar-refractivity contribution < 1.29 is 18.7 Å². The van der Waals surface area contributed by atoms with E-state index in [0.29, 0.717) is 6.29 Å². The minimum absolute atomic E-state index is 0.0203. The van der Waals surface area contributed by atoms with Crippen molar-refractivity contribution in [2.75, 3.05) is 6.61 Å². The average Bonchev–Trinajstić information content (AvgIpc) is 2.90. The third-order valence-electron chi connectivity index (χ3n) is 3.27. The molecule has 0 aliphatic heterocycles. The first-order chi connectivity index (χ1) is 8.70. The fourth-order valence-corrected chi connectivity index (χ4v) is 2.22. The van der Waals surface area contributed by atoms with E-state index < -0.39 is 5.82 Å². The lowest BCUT2D eigenvalue weighted by Crippen LogP contribution is -2.19. The maximum Gasteiger partial charge on any atom is 0.173 e. The van der Waals surface area contributed by atoms with Crippen LogP contribution >= 0.6 is 0 Å². The van der Waals surface area contributed by atoms with E-state index in [1.165, 1.54) is 12.1 Å². The maximum atomic E-state index is 13.5. The predicted molar refractivity (Wildman–Crippen MR) is 64.2 cm³/mol. The number of aldehydes is 1. The molecule has 0 saturated heterocycles. The summed E-state index contributed by atoms with van der Waals surface area (Å²) >= 11 is 0. The molecule has 1 saturated carbocycles. The molecular weight excluding hydrogens is 235 g/mol. The zero-order valence-corrected chi connectivity index (χ0v) is 10.0. The Kier molecular flexibility index (Phi) is 4.07. The van der Waals surface area contributed by atoms with E-state index in [4.69, 9.17) is 4.74 Å². The summed E-state index contributed by atoms with van der Waals surface area (Å²) in [6.45, 7) is -0.0952. The van der Waals surface area contributed by atoms with Crippen molar-refractivity contribution in [3.8, 4) is 5.75 Å². The van der Waals surface area contributed by atoms with Crippen molar-refractivity contribution in [1.29, 1.82) is 0 Å². The Morgan fingerprint density at radius 2 is 2.11 bits per heavy atom. The molecule has 96 valence electrons. The molecule has 1 aliphatic rings. The topological polar surface area (TPSA) is 43.4 Å². The van der Waals surface area contributed by atoms with Crippen LogP contribution in [0, 0.1) is 11.7 Å². The lowest BCUT2D eigenvalue weighted by molar-refractivity contribution is -0.124. The Balaban J connectivity index is 1.93. The molecule has 1 aromatic carbocycles. The average molecular weight is 250 g/mol. The number of carbonyl (C=O) groups is 2. The minimum atomic E-state index is -0.612. The van der Waals surface area contributed by atoms with Gasteiger partial charge in [0.15, 0.2) is 17.3 Å². The number of ether oxygens (including phenoxy) is 1. The lowest BCUT2D eigenvalue weighted by Gasteiger charge is -2.10. The Labute approximate surface area is 105 Å². The summed E-state index contributed by atoms with van der Waals surface area (Å²) in [4.78, 5) is 22.2. The molecule has 18 heavy (non-hydrogen) atoms. The normalized spacial score (nSPS) is 15.6. The number of hydrogen-bond acceptors (Lipinski definition) is 3. The molecule has 3 nitrogen and oxygen atoms in total. The SMILES string of the molecule is O=Cc1ccc(OCC(=O)C2CCCC2)c(F)c1. The van der Waals surface area contributed by atoms with Crippen LogP contribution in [-0.2, 0) is 4.79 Å². The molecule has 0 spiro atoms. The van der Waals surface area contributed by atoms with Gasteiger partial charge in [-0.25, -0.2) is 4.39 Å². The van der Waals surface area contributed by atoms with Gasteiger partial charge >= 0.3 is 0 Å². The number of halogens is 1. The van der Waals surface area contributed by atoms with Crippen LogP contribution in [0.25, 0.3) is 0 Å². The molecule has 2 rings (SSSR count). The molecule has 0 unspecified atom stereocenters. The smallest absolute Gasteiger partial charge is 0.173 e. The molecule has 0 bridgehead atoms. The van der Waals surface area contributed by atoms with Crippen molar-refractivity contribution in [1.82, 2.24) is 0 Å². The van der Waals surface area contributed by atoms with Gasteiger partial charge in [0.1, 0.15) is 12.9 Å². The van der Waals surface area contributed by atoms with Crippen LogP contribution in [0.2, 0.25) is 0 Å². The molecule has 1 aromatic rings.